The van der Waals surface area contributed by atoms with Crippen LogP contribution in [0, 0.1) is 0 Å². The van der Waals surface area contributed by atoms with Crippen molar-refractivity contribution < 1.29 is 22.7 Å². The predicted octanol–water partition coefficient (Wildman–Crippen LogP) is 1.39. The molecule has 8 heteroatoms. The number of esters is 1. The molecule has 0 radical (unpaired) electrons. The number of hydrogen-bond acceptors (Lipinski definition) is 5. The number of sulfonamides is 1. The normalized spacial score (nSPS) is 19.1. The number of ether oxygens (including phenoxy) is 1. The summed E-state index contributed by atoms with van der Waals surface area (Å²) in [6.07, 6.45) is 3.02. The van der Waals surface area contributed by atoms with Gasteiger partial charge in [0.15, 0.2) is 6.61 Å². The largest absolute Gasteiger partial charge is 0.454 e. The quantitative estimate of drug-likeness (QED) is 0.720. The van der Waals surface area contributed by atoms with Crippen LogP contribution in [0.4, 0.5) is 0 Å². The molecule has 1 amide bonds. The lowest BCUT2D eigenvalue weighted by molar-refractivity contribution is -0.151. The highest BCUT2D eigenvalue weighted by atomic mass is 32.2. The van der Waals surface area contributed by atoms with E-state index in [9.17, 15) is 18.0 Å². The molecule has 2 unspecified atom stereocenters. The summed E-state index contributed by atoms with van der Waals surface area (Å²) in [6.45, 7) is 3.80. The molecule has 2 rings (SSSR count). The number of rotatable bonds is 7. The minimum atomic E-state index is -3.46. The lowest BCUT2D eigenvalue weighted by atomic mass is 10.1. The van der Waals surface area contributed by atoms with Gasteiger partial charge in [0.25, 0.3) is 5.91 Å². The molecule has 1 fully saturated rings. The monoisotopic (exact) mass is 382 g/mol. The van der Waals surface area contributed by atoms with Gasteiger partial charge in [0.1, 0.15) is 6.04 Å². The van der Waals surface area contributed by atoms with E-state index >= 15 is 0 Å². The summed E-state index contributed by atoms with van der Waals surface area (Å²) in [4.78, 5) is 24.2. The second kappa shape index (κ2) is 8.64. The highest BCUT2D eigenvalue weighted by Gasteiger charge is 2.37. The van der Waals surface area contributed by atoms with Gasteiger partial charge in [0.05, 0.1) is 12.3 Å². The Kier molecular flexibility index (Phi) is 6.77. The minimum absolute atomic E-state index is 0.217. The number of nitrogens with one attached hydrogen (secondary N) is 1. The summed E-state index contributed by atoms with van der Waals surface area (Å²) in [5.41, 5.74) is 2.18. The summed E-state index contributed by atoms with van der Waals surface area (Å²) >= 11 is 0. The average Bonchev–Trinajstić information content (AvgIpc) is 3.10. The maximum Gasteiger partial charge on any atom is 0.324 e. The SMILES string of the molecule is CCc1ccc(C(C)NC(=O)COC(=O)C2CCCN2S(C)(=O)=O)cc1. The summed E-state index contributed by atoms with van der Waals surface area (Å²) in [6, 6.07) is 6.88. The van der Waals surface area contributed by atoms with Crippen LogP contribution in [0.5, 0.6) is 0 Å². The molecule has 26 heavy (non-hydrogen) atoms. The van der Waals surface area contributed by atoms with Gasteiger partial charge >= 0.3 is 5.97 Å². The Morgan fingerprint density at radius 1 is 1.31 bits per heavy atom. The van der Waals surface area contributed by atoms with Gasteiger partial charge in [-0.25, -0.2) is 8.42 Å². The first-order valence-corrected chi connectivity index (χ1v) is 10.6. The van der Waals surface area contributed by atoms with E-state index in [1.54, 1.807) is 0 Å². The lowest BCUT2D eigenvalue weighted by Gasteiger charge is -2.20. The second-order valence-corrected chi connectivity index (χ2v) is 8.46. The molecule has 0 bridgehead atoms. The number of carbonyl (C=O) groups excluding carboxylic acids is 2. The minimum Gasteiger partial charge on any atom is -0.454 e. The molecular formula is C18H26N2O5S. The first-order chi connectivity index (χ1) is 12.2. The molecule has 1 aromatic rings. The second-order valence-electron chi connectivity index (χ2n) is 6.52. The Bertz CT molecular complexity index is 745. The molecule has 0 saturated carbocycles. The number of aryl methyl sites for hydroxylation is 1. The molecular weight excluding hydrogens is 356 g/mol. The van der Waals surface area contributed by atoms with E-state index in [1.165, 1.54) is 5.56 Å². The Morgan fingerprint density at radius 3 is 2.54 bits per heavy atom. The molecule has 144 valence electrons. The molecule has 1 aliphatic rings. The zero-order valence-corrected chi connectivity index (χ0v) is 16.2. The van der Waals surface area contributed by atoms with Crippen LogP contribution >= 0.6 is 0 Å². The third-order valence-corrected chi connectivity index (χ3v) is 5.80. The molecule has 0 aliphatic carbocycles. The van der Waals surface area contributed by atoms with Gasteiger partial charge in [-0.1, -0.05) is 31.2 Å². The molecule has 1 N–H and O–H groups in total. The van der Waals surface area contributed by atoms with Crippen LogP contribution in [-0.4, -0.2) is 50.0 Å². The maximum atomic E-state index is 12.1. The van der Waals surface area contributed by atoms with Crippen LogP contribution in [0.25, 0.3) is 0 Å². The fraction of sp³-hybridized carbons (Fsp3) is 0.556. The van der Waals surface area contributed by atoms with Crippen LogP contribution in [0.15, 0.2) is 24.3 Å². The van der Waals surface area contributed by atoms with Gasteiger partial charge < -0.3 is 10.1 Å². The predicted molar refractivity (Wildman–Crippen MR) is 97.9 cm³/mol. The van der Waals surface area contributed by atoms with Crippen LogP contribution in [0.2, 0.25) is 0 Å². The van der Waals surface area contributed by atoms with Crippen molar-refractivity contribution in [1.82, 2.24) is 9.62 Å². The molecule has 0 spiro atoms. The molecule has 1 saturated heterocycles. The molecule has 1 aliphatic heterocycles. The van der Waals surface area contributed by atoms with Crippen molar-refractivity contribution in [2.24, 2.45) is 0 Å². The van der Waals surface area contributed by atoms with E-state index in [0.717, 1.165) is 22.5 Å². The number of carbonyl (C=O) groups is 2. The van der Waals surface area contributed by atoms with E-state index in [1.807, 2.05) is 31.2 Å². The molecule has 1 heterocycles. The fourth-order valence-corrected chi connectivity index (χ4v) is 4.13. The van der Waals surface area contributed by atoms with Gasteiger partial charge in [-0.05, 0) is 37.3 Å². The first-order valence-electron chi connectivity index (χ1n) is 8.74. The Labute approximate surface area is 154 Å². The van der Waals surface area contributed by atoms with Crippen molar-refractivity contribution in [3.8, 4) is 0 Å². The smallest absolute Gasteiger partial charge is 0.324 e. The Morgan fingerprint density at radius 2 is 1.96 bits per heavy atom. The van der Waals surface area contributed by atoms with Gasteiger partial charge in [-0.3, -0.25) is 9.59 Å². The standard InChI is InChI=1S/C18H26N2O5S/c1-4-14-7-9-15(10-8-14)13(2)19-17(21)12-25-18(22)16-6-5-11-20(16)26(3,23)24/h7-10,13,16H,4-6,11-12H2,1-3H3,(H,19,21). The highest BCUT2D eigenvalue weighted by Crippen LogP contribution is 2.21. The van der Waals surface area contributed by atoms with Gasteiger partial charge in [0, 0.05) is 6.54 Å². The first kappa shape index (κ1) is 20.4. The molecule has 7 nitrogen and oxygen atoms in total. The number of amides is 1. The van der Waals surface area contributed by atoms with Crippen molar-refractivity contribution >= 4 is 21.9 Å². The van der Waals surface area contributed by atoms with Gasteiger partial charge in [-0.2, -0.15) is 4.31 Å². The van der Waals surface area contributed by atoms with Gasteiger partial charge in [-0.15, -0.1) is 0 Å². The number of hydrogen-bond donors (Lipinski definition) is 1. The van der Waals surface area contributed by atoms with Crippen molar-refractivity contribution in [3.63, 3.8) is 0 Å². The zero-order valence-electron chi connectivity index (χ0n) is 15.4. The van der Waals surface area contributed by atoms with Crippen molar-refractivity contribution in [2.75, 3.05) is 19.4 Å². The van der Waals surface area contributed by atoms with Crippen LogP contribution in [0.3, 0.4) is 0 Å². The third kappa shape index (κ3) is 5.28. The molecule has 1 aromatic carbocycles. The number of benzene rings is 1. The van der Waals surface area contributed by atoms with Crippen LogP contribution in [0.1, 0.15) is 43.9 Å². The Hall–Kier alpha value is -1.93. The van der Waals surface area contributed by atoms with Crippen LogP contribution < -0.4 is 5.32 Å². The van der Waals surface area contributed by atoms with E-state index in [0.29, 0.717) is 19.4 Å². The fourth-order valence-electron chi connectivity index (χ4n) is 3.01. The van der Waals surface area contributed by atoms with Crippen LogP contribution in [-0.2, 0) is 30.8 Å². The summed E-state index contributed by atoms with van der Waals surface area (Å²) in [7, 11) is -3.46. The Balaban J connectivity index is 1.84. The van der Waals surface area contributed by atoms with Crippen molar-refractivity contribution in [2.45, 2.75) is 45.2 Å². The van der Waals surface area contributed by atoms with E-state index in [2.05, 4.69) is 12.2 Å². The van der Waals surface area contributed by atoms with Crippen molar-refractivity contribution in [1.29, 1.82) is 0 Å². The zero-order chi connectivity index (χ0) is 19.3. The van der Waals surface area contributed by atoms with E-state index in [4.69, 9.17) is 4.74 Å². The van der Waals surface area contributed by atoms with E-state index in [-0.39, 0.29) is 6.04 Å². The summed E-state index contributed by atoms with van der Waals surface area (Å²) < 4.78 is 29.5. The van der Waals surface area contributed by atoms with Crippen molar-refractivity contribution in [3.05, 3.63) is 35.4 Å². The highest BCUT2D eigenvalue weighted by molar-refractivity contribution is 7.88. The molecule has 0 aromatic heterocycles. The number of nitrogens with zero attached hydrogens (tertiary/aromatic N) is 1. The average molecular weight is 382 g/mol. The third-order valence-electron chi connectivity index (χ3n) is 4.51. The summed E-state index contributed by atoms with van der Waals surface area (Å²) in [5, 5.41) is 2.77. The maximum absolute atomic E-state index is 12.1. The topological polar surface area (TPSA) is 92.8 Å². The summed E-state index contributed by atoms with van der Waals surface area (Å²) in [5.74, 6) is -1.10. The van der Waals surface area contributed by atoms with Gasteiger partial charge in [0.2, 0.25) is 10.0 Å². The molecule has 2 atom stereocenters. The lowest BCUT2D eigenvalue weighted by Crippen LogP contribution is -2.42. The van der Waals surface area contributed by atoms with E-state index < -0.39 is 34.5 Å².